The Hall–Kier alpha value is -1.29. The summed E-state index contributed by atoms with van der Waals surface area (Å²) in [6, 6.07) is 1.72. The molecule has 5 heteroatoms. The van der Waals surface area contributed by atoms with Crippen molar-refractivity contribution in [2.45, 2.75) is 20.0 Å². The number of hydrogen-bond acceptors (Lipinski definition) is 4. The molecule has 0 amide bonds. The number of hydrogen-bond donors (Lipinski definition) is 1. The highest BCUT2D eigenvalue weighted by molar-refractivity contribution is 6.29. The van der Waals surface area contributed by atoms with Crippen molar-refractivity contribution in [1.82, 2.24) is 9.97 Å². The van der Waals surface area contributed by atoms with Crippen molar-refractivity contribution in [1.29, 1.82) is 0 Å². The summed E-state index contributed by atoms with van der Waals surface area (Å²) in [5.41, 5.74) is 0. The van der Waals surface area contributed by atoms with Crippen LogP contribution >= 0.6 is 11.6 Å². The fourth-order valence-electron chi connectivity index (χ4n) is 0.929. The van der Waals surface area contributed by atoms with Crippen molar-refractivity contribution in [2.75, 3.05) is 11.9 Å². The third-order valence-corrected chi connectivity index (χ3v) is 1.59. The third-order valence-electron chi connectivity index (χ3n) is 1.46. The van der Waals surface area contributed by atoms with Gasteiger partial charge in [0, 0.05) is 11.1 Å². The topological polar surface area (TPSA) is 47.0 Å². The number of rotatable bonds is 5. The molecule has 82 valence electrons. The van der Waals surface area contributed by atoms with Gasteiger partial charge in [-0.05, 0) is 13.8 Å². The minimum absolute atomic E-state index is 0.0933. The molecule has 0 radical (unpaired) electrons. The predicted octanol–water partition coefficient (Wildman–Crippen LogP) is 2.43. The normalized spacial score (nSPS) is 10.1. The van der Waals surface area contributed by atoms with Crippen molar-refractivity contribution in [2.24, 2.45) is 0 Å². The fourth-order valence-corrected chi connectivity index (χ4v) is 0.995. The smallest absolute Gasteiger partial charge is 0.218 e. The van der Waals surface area contributed by atoms with Crippen LogP contribution in [0.4, 0.5) is 5.82 Å². The highest BCUT2D eigenvalue weighted by Gasteiger charge is 2.01. The van der Waals surface area contributed by atoms with E-state index < -0.39 is 0 Å². The lowest BCUT2D eigenvalue weighted by Crippen LogP contribution is -2.08. The zero-order chi connectivity index (χ0) is 11.3. The maximum atomic E-state index is 5.62. The molecule has 0 atom stereocenters. The summed E-state index contributed by atoms with van der Waals surface area (Å²) in [6.45, 7) is 7.92. The Balaban J connectivity index is 2.61. The van der Waals surface area contributed by atoms with Gasteiger partial charge in [-0.15, -0.1) is 0 Å². The summed E-state index contributed by atoms with van der Waals surface area (Å²) in [5.74, 6) is 1.21. The predicted molar refractivity (Wildman–Crippen MR) is 61.3 cm³/mol. The van der Waals surface area contributed by atoms with Gasteiger partial charge >= 0.3 is 0 Å². The molecule has 1 aromatic heterocycles. The van der Waals surface area contributed by atoms with E-state index in [1.54, 1.807) is 6.07 Å². The summed E-state index contributed by atoms with van der Waals surface area (Å²) < 4.78 is 5.42. The molecule has 0 bridgehead atoms. The van der Waals surface area contributed by atoms with E-state index in [2.05, 4.69) is 21.9 Å². The average molecular weight is 228 g/mol. The molecule has 0 fully saturated rings. The highest BCUT2D eigenvalue weighted by Crippen LogP contribution is 2.12. The number of ether oxygens (including phenoxy) is 1. The van der Waals surface area contributed by atoms with E-state index in [9.17, 15) is 0 Å². The number of nitrogens with one attached hydrogen (secondary N) is 1. The number of nitrogens with zero attached hydrogens (tertiary/aromatic N) is 2. The van der Waals surface area contributed by atoms with Gasteiger partial charge in [0.15, 0.2) is 0 Å². The standard InChI is InChI=1S/C10H14ClN3O/c1-7(2)15-10-4-9(13-6-14-10)12-5-8(3)11/h4,6-7H,3,5H2,1-2H3,(H,12,13,14). The Kier molecular flexibility index (Phi) is 4.37. The van der Waals surface area contributed by atoms with Crippen molar-refractivity contribution in [3.8, 4) is 5.88 Å². The van der Waals surface area contributed by atoms with Crippen molar-refractivity contribution < 1.29 is 4.74 Å². The van der Waals surface area contributed by atoms with E-state index >= 15 is 0 Å². The first-order valence-electron chi connectivity index (χ1n) is 4.64. The van der Waals surface area contributed by atoms with E-state index in [0.29, 0.717) is 23.3 Å². The monoisotopic (exact) mass is 227 g/mol. The van der Waals surface area contributed by atoms with Gasteiger partial charge in [-0.1, -0.05) is 18.2 Å². The second-order valence-electron chi connectivity index (χ2n) is 3.28. The number of anilines is 1. The Labute approximate surface area is 94.3 Å². The quantitative estimate of drug-likeness (QED) is 0.839. The molecule has 1 aromatic rings. The second-order valence-corrected chi connectivity index (χ2v) is 3.81. The summed E-state index contributed by atoms with van der Waals surface area (Å²) in [6.07, 6.45) is 1.53. The van der Waals surface area contributed by atoms with Gasteiger partial charge in [-0.25, -0.2) is 9.97 Å². The second kappa shape index (κ2) is 5.56. The molecule has 0 unspecified atom stereocenters. The third kappa shape index (κ3) is 4.65. The first-order valence-corrected chi connectivity index (χ1v) is 5.01. The van der Waals surface area contributed by atoms with Crippen LogP contribution in [0.15, 0.2) is 24.0 Å². The van der Waals surface area contributed by atoms with E-state index in [0.717, 1.165) is 0 Å². The SMILES string of the molecule is C=C(Cl)CNc1cc(OC(C)C)ncn1. The van der Waals surface area contributed by atoms with E-state index in [1.807, 2.05) is 13.8 Å². The summed E-state index contributed by atoms with van der Waals surface area (Å²) >= 11 is 5.62. The van der Waals surface area contributed by atoms with Gasteiger partial charge in [0.1, 0.15) is 12.1 Å². The molecular formula is C10H14ClN3O. The van der Waals surface area contributed by atoms with Crippen LogP contribution < -0.4 is 10.1 Å². The molecule has 1 N–H and O–H groups in total. The van der Waals surface area contributed by atoms with Crippen LogP contribution in [0, 0.1) is 0 Å². The molecule has 0 aliphatic rings. The van der Waals surface area contributed by atoms with Crippen LogP contribution in [0.5, 0.6) is 5.88 Å². The van der Waals surface area contributed by atoms with Crippen LogP contribution in [-0.2, 0) is 0 Å². The summed E-state index contributed by atoms with van der Waals surface area (Å²) in [7, 11) is 0. The van der Waals surface area contributed by atoms with Crippen LogP contribution in [0.1, 0.15) is 13.8 Å². The zero-order valence-corrected chi connectivity index (χ0v) is 9.58. The van der Waals surface area contributed by atoms with E-state index in [1.165, 1.54) is 6.33 Å². The molecule has 4 nitrogen and oxygen atoms in total. The van der Waals surface area contributed by atoms with Crippen LogP contribution in [0.25, 0.3) is 0 Å². The molecule has 0 saturated heterocycles. The summed E-state index contributed by atoms with van der Waals surface area (Å²) in [4.78, 5) is 7.99. The molecule has 1 rings (SSSR count). The maximum absolute atomic E-state index is 5.62. The Morgan fingerprint density at radius 1 is 1.60 bits per heavy atom. The summed E-state index contributed by atoms with van der Waals surface area (Å²) in [5, 5.41) is 3.52. The molecule has 0 spiro atoms. The number of aromatic nitrogens is 2. The van der Waals surface area contributed by atoms with Crippen LogP contribution in [0.3, 0.4) is 0 Å². The molecule has 0 aliphatic heterocycles. The first kappa shape index (κ1) is 11.8. The minimum Gasteiger partial charge on any atom is -0.475 e. The molecule has 0 aliphatic carbocycles. The van der Waals surface area contributed by atoms with E-state index in [-0.39, 0.29) is 6.10 Å². The molecule has 0 saturated carbocycles. The number of halogens is 1. The van der Waals surface area contributed by atoms with E-state index in [4.69, 9.17) is 16.3 Å². The first-order chi connectivity index (χ1) is 7.08. The van der Waals surface area contributed by atoms with Gasteiger partial charge in [0.2, 0.25) is 5.88 Å². The molecule has 15 heavy (non-hydrogen) atoms. The lowest BCUT2D eigenvalue weighted by Gasteiger charge is -2.09. The Morgan fingerprint density at radius 3 is 2.93 bits per heavy atom. The maximum Gasteiger partial charge on any atom is 0.218 e. The Bertz CT molecular complexity index is 341. The molecule has 1 heterocycles. The highest BCUT2D eigenvalue weighted by atomic mass is 35.5. The van der Waals surface area contributed by atoms with Gasteiger partial charge in [0.05, 0.1) is 12.6 Å². The van der Waals surface area contributed by atoms with Crippen LogP contribution in [-0.4, -0.2) is 22.6 Å². The minimum atomic E-state index is 0.0933. The van der Waals surface area contributed by atoms with Crippen LogP contribution in [0.2, 0.25) is 0 Å². The lowest BCUT2D eigenvalue weighted by molar-refractivity contribution is 0.232. The largest absolute Gasteiger partial charge is 0.475 e. The fraction of sp³-hybridized carbons (Fsp3) is 0.400. The lowest BCUT2D eigenvalue weighted by atomic mass is 10.4. The Morgan fingerprint density at radius 2 is 2.33 bits per heavy atom. The average Bonchev–Trinajstić information content (AvgIpc) is 2.14. The molecule has 0 aromatic carbocycles. The van der Waals surface area contributed by atoms with Gasteiger partial charge in [-0.2, -0.15) is 0 Å². The van der Waals surface area contributed by atoms with Gasteiger partial charge in [-0.3, -0.25) is 0 Å². The van der Waals surface area contributed by atoms with Gasteiger partial charge in [0.25, 0.3) is 0 Å². The van der Waals surface area contributed by atoms with Crippen molar-refractivity contribution in [3.63, 3.8) is 0 Å². The van der Waals surface area contributed by atoms with Crippen molar-refractivity contribution >= 4 is 17.4 Å². The van der Waals surface area contributed by atoms with Crippen molar-refractivity contribution in [3.05, 3.63) is 24.0 Å². The van der Waals surface area contributed by atoms with Gasteiger partial charge < -0.3 is 10.1 Å². The zero-order valence-electron chi connectivity index (χ0n) is 8.83. The molecular weight excluding hydrogens is 214 g/mol.